The van der Waals surface area contributed by atoms with Crippen LogP contribution in [0.1, 0.15) is 52.9 Å². The van der Waals surface area contributed by atoms with Gasteiger partial charge in [-0.25, -0.2) is 0 Å². The van der Waals surface area contributed by atoms with E-state index in [0.29, 0.717) is 5.41 Å². The van der Waals surface area contributed by atoms with Gasteiger partial charge in [0.15, 0.2) is 0 Å². The van der Waals surface area contributed by atoms with Gasteiger partial charge < -0.3 is 0 Å². The third-order valence-electron chi connectivity index (χ3n) is 3.06. The van der Waals surface area contributed by atoms with Crippen molar-refractivity contribution in [1.29, 1.82) is 0 Å². The van der Waals surface area contributed by atoms with Crippen molar-refractivity contribution in [2.45, 2.75) is 52.9 Å². The summed E-state index contributed by atoms with van der Waals surface area (Å²) in [5.74, 6) is 0.818. The van der Waals surface area contributed by atoms with Crippen LogP contribution in [0.2, 0.25) is 0 Å². The summed E-state index contributed by atoms with van der Waals surface area (Å²) in [5, 5.41) is 0. The fourth-order valence-corrected chi connectivity index (χ4v) is 2.06. The second-order valence-corrected chi connectivity index (χ2v) is 5.11. The number of rotatable bonds is 1. The Hall–Kier alpha value is -0.260. The molecule has 0 aromatic carbocycles. The molecule has 1 fully saturated rings. The molecule has 0 atom stereocenters. The molecule has 0 N–H and O–H groups in total. The van der Waals surface area contributed by atoms with Gasteiger partial charge in [0, 0.05) is 0 Å². The van der Waals surface area contributed by atoms with Crippen LogP contribution in [0.5, 0.6) is 0 Å². The summed E-state index contributed by atoms with van der Waals surface area (Å²) in [5.41, 5.74) is 1.80. The summed E-state index contributed by atoms with van der Waals surface area (Å²) in [6.07, 6.45) is 7.04. The van der Waals surface area contributed by atoms with Crippen LogP contribution >= 0.6 is 0 Å². The average Bonchev–Trinajstić information content (AvgIpc) is 2.03. The zero-order valence-electron chi connectivity index (χ0n) is 8.82. The van der Waals surface area contributed by atoms with Gasteiger partial charge in [-0.05, 0) is 24.2 Å². The standard InChI is InChI=1S/C12H22/c1-10(12(2,3)4)11-8-6-5-7-9-11/h11H,1,5-9H2,2-4H3. The zero-order valence-corrected chi connectivity index (χ0v) is 8.82. The third-order valence-corrected chi connectivity index (χ3v) is 3.06. The Morgan fingerprint density at radius 2 is 1.58 bits per heavy atom. The number of allylic oxidation sites excluding steroid dienone is 1. The normalized spacial score (nSPS) is 20.9. The van der Waals surface area contributed by atoms with Crippen LogP contribution in [-0.2, 0) is 0 Å². The Bertz CT molecular complexity index is 153. The van der Waals surface area contributed by atoms with Gasteiger partial charge in [0.1, 0.15) is 0 Å². The minimum atomic E-state index is 0.321. The minimum Gasteiger partial charge on any atom is -0.0991 e. The van der Waals surface area contributed by atoms with E-state index < -0.39 is 0 Å². The smallest absolute Gasteiger partial charge is 0.0173 e. The van der Waals surface area contributed by atoms with Crippen molar-refractivity contribution in [3.05, 3.63) is 12.2 Å². The largest absolute Gasteiger partial charge is 0.0991 e. The average molecular weight is 166 g/mol. The van der Waals surface area contributed by atoms with Crippen molar-refractivity contribution < 1.29 is 0 Å². The lowest BCUT2D eigenvalue weighted by Crippen LogP contribution is -2.19. The van der Waals surface area contributed by atoms with Crippen LogP contribution < -0.4 is 0 Å². The van der Waals surface area contributed by atoms with Gasteiger partial charge in [-0.3, -0.25) is 0 Å². The first-order valence-corrected chi connectivity index (χ1v) is 5.21. The van der Waals surface area contributed by atoms with Crippen LogP contribution in [0.15, 0.2) is 12.2 Å². The molecule has 1 aliphatic carbocycles. The SMILES string of the molecule is C=C(C1CCCCC1)C(C)(C)C. The number of hydrogen-bond acceptors (Lipinski definition) is 0. The first kappa shape index (κ1) is 9.83. The highest BCUT2D eigenvalue weighted by atomic mass is 14.3. The van der Waals surface area contributed by atoms with Gasteiger partial charge in [-0.2, -0.15) is 0 Å². The quantitative estimate of drug-likeness (QED) is 0.513. The Morgan fingerprint density at radius 1 is 1.08 bits per heavy atom. The topological polar surface area (TPSA) is 0 Å². The molecule has 0 bridgehead atoms. The summed E-state index contributed by atoms with van der Waals surface area (Å²) in [4.78, 5) is 0. The van der Waals surface area contributed by atoms with Crippen molar-refractivity contribution in [3.63, 3.8) is 0 Å². The van der Waals surface area contributed by atoms with Crippen molar-refractivity contribution in [3.8, 4) is 0 Å². The van der Waals surface area contributed by atoms with Gasteiger partial charge in [0.25, 0.3) is 0 Å². The molecule has 0 aromatic rings. The molecule has 0 heterocycles. The van der Waals surface area contributed by atoms with E-state index >= 15 is 0 Å². The molecule has 0 aliphatic heterocycles. The van der Waals surface area contributed by atoms with E-state index in [9.17, 15) is 0 Å². The van der Waals surface area contributed by atoms with Crippen molar-refractivity contribution in [2.75, 3.05) is 0 Å². The van der Waals surface area contributed by atoms with Gasteiger partial charge in [0.05, 0.1) is 0 Å². The summed E-state index contributed by atoms with van der Waals surface area (Å²) in [7, 11) is 0. The highest BCUT2D eigenvalue weighted by molar-refractivity contribution is 5.10. The lowest BCUT2D eigenvalue weighted by molar-refractivity contribution is 0.340. The van der Waals surface area contributed by atoms with Gasteiger partial charge in [-0.1, -0.05) is 52.2 Å². The van der Waals surface area contributed by atoms with E-state index in [4.69, 9.17) is 0 Å². The molecule has 0 unspecified atom stereocenters. The Labute approximate surface area is 77.1 Å². The summed E-state index contributed by atoms with van der Waals surface area (Å²) < 4.78 is 0. The molecule has 1 saturated carbocycles. The highest BCUT2D eigenvalue weighted by Gasteiger charge is 2.24. The molecular weight excluding hydrogens is 144 g/mol. The molecule has 12 heavy (non-hydrogen) atoms. The van der Waals surface area contributed by atoms with E-state index in [1.807, 2.05) is 0 Å². The van der Waals surface area contributed by atoms with Crippen molar-refractivity contribution in [2.24, 2.45) is 11.3 Å². The molecule has 1 rings (SSSR count). The van der Waals surface area contributed by atoms with Crippen LogP contribution in [0.4, 0.5) is 0 Å². The molecule has 0 spiro atoms. The van der Waals surface area contributed by atoms with Gasteiger partial charge in [0.2, 0.25) is 0 Å². The van der Waals surface area contributed by atoms with Gasteiger partial charge in [-0.15, -0.1) is 0 Å². The molecule has 0 nitrogen and oxygen atoms in total. The molecule has 0 heteroatoms. The minimum absolute atomic E-state index is 0.321. The lowest BCUT2D eigenvalue weighted by atomic mass is 9.74. The first-order valence-electron chi connectivity index (χ1n) is 5.21. The highest BCUT2D eigenvalue weighted by Crippen LogP contribution is 2.37. The molecule has 1 aliphatic rings. The number of hydrogen-bond donors (Lipinski definition) is 0. The van der Waals surface area contributed by atoms with Crippen molar-refractivity contribution in [1.82, 2.24) is 0 Å². The summed E-state index contributed by atoms with van der Waals surface area (Å²) in [6, 6.07) is 0. The Kier molecular flexibility index (Phi) is 2.98. The van der Waals surface area contributed by atoms with E-state index in [-0.39, 0.29) is 0 Å². The van der Waals surface area contributed by atoms with Crippen molar-refractivity contribution >= 4 is 0 Å². The first-order chi connectivity index (χ1) is 5.52. The van der Waals surface area contributed by atoms with E-state index in [2.05, 4.69) is 27.4 Å². The maximum atomic E-state index is 4.25. The second-order valence-electron chi connectivity index (χ2n) is 5.11. The van der Waals surface area contributed by atoms with E-state index in [1.54, 1.807) is 0 Å². The van der Waals surface area contributed by atoms with Crippen LogP contribution in [0, 0.1) is 11.3 Å². The maximum absolute atomic E-state index is 4.25. The second kappa shape index (κ2) is 3.64. The molecule has 0 saturated heterocycles. The Morgan fingerprint density at radius 3 is 2.00 bits per heavy atom. The monoisotopic (exact) mass is 166 g/mol. The lowest BCUT2D eigenvalue weighted by Gasteiger charge is -2.32. The van der Waals surface area contributed by atoms with Crippen LogP contribution in [0.25, 0.3) is 0 Å². The fourth-order valence-electron chi connectivity index (χ4n) is 2.06. The van der Waals surface area contributed by atoms with E-state index in [0.717, 1.165) is 5.92 Å². The predicted molar refractivity (Wildman–Crippen MR) is 55.2 cm³/mol. The maximum Gasteiger partial charge on any atom is -0.0173 e. The zero-order chi connectivity index (χ0) is 9.19. The molecule has 0 radical (unpaired) electrons. The van der Waals surface area contributed by atoms with Crippen LogP contribution in [0.3, 0.4) is 0 Å². The summed E-state index contributed by atoms with van der Waals surface area (Å²) in [6.45, 7) is 11.1. The predicted octanol–water partition coefficient (Wildman–Crippen LogP) is 4.17. The van der Waals surface area contributed by atoms with E-state index in [1.165, 1.54) is 37.7 Å². The Balaban J connectivity index is 2.51. The molecular formula is C12H22. The van der Waals surface area contributed by atoms with Gasteiger partial charge >= 0.3 is 0 Å². The van der Waals surface area contributed by atoms with Crippen LogP contribution in [-0.4, -0.2) is 0 Å². The third kappa shape index (κ3) is 2.36. The summed E-state index contributed by atoms with van der Waals surface area (Å²) >= 11 is 0. The molecule has 0 aromatic heterocycles. The fraction of sp³-hybridized carbons (Fsp3) is 0.833. The molecule has 0 amide bonds. The molecule has 70 valence electrons.